The van der Waals surface area contributed by atoms with Gasteiger partial charge >= 0.3 is 0 Å². The molecule has 0 aromatic carbocycles. The van der Waals surface area contributed by atoms with Gasteiger partial charge in [-0.05, 0) is 32.4 Å². The molecule has 5 nitrogen and oxygen atoms in total. The highest BCUT2D eigenvalue weighted by molar-refractivity contribution is 5.47. The Balaban J connectivity index is 2.17. The van der Waals surface area contributed by atoms with Gasteiger partial charge in [-0.2, -0.15) is 5.10 Å². The maximum atomic E-state index is 9.08. The van der Waals surface area contributed by atoms with Crippen molar-refractivity contribution >= 4 is 5.82 Å². The van der Waals surface area contributed by atoms with Gasteiger partial charge < -0.3 is 10.4 Å². The van der Waals surface area contributed by atoms with Crippen LogP contribution in [0.1, 0.15) is 22.5 Å². The summed E-state index contributed by atoms with van der Waals surface area (Å²) >= 11 is 0. The lowest BCUT2D eigenvalue weighted by atomic mass is 10.2. The van der Waals surface area contributed by atoms with Gasteiger partial charge in [0, 0.05) is 24.0 Å². The molecule has 0 unspecified atom stereocenters. The summed E-state index contributed by atoms with van der Waals surface area (Å²) in [6.45, 7) is 7.31. The summed E-state index contributed by atoms with van der Waals surface area (Å²) in [6.07, 6.45) is 1.80. The molecule has 2 aromatic rings. The maximum Gasteiger partial charge on any atom is 0.127 e. The third-order valence-electron chi connectivity index (χ3n) is 3.30. The zero-order chi connectivity index (χ0) is 13.8. The van der Waals surface area contributed by atoms with E-state index < -0.39 is 0 Å². The first kappa shape index (κ1) is 13.5. The van der Waals surface area contributed by atoms with Crippen molar-refractivity contribution < 1.29 is 5.11 Å². The lowest BCUT2D eigenvalue weighted by Crippen LogP contribution is -2.11. The van der Waals surface area contributed by atoms with Crippen LogP contribution in [0.25, 0.3) is 0 Å². The van der Waals surface area contributed by atoms with Gasteiger partial charge in [-0.15, -0.1) is 0 Å². The Kier molecular flexibility index (Phi) is 4.16. The van der Waals surface area contributed by atoms with Crippen LogP contribution in [-0.2, 0) is 13.1 Å². The minimum Gasteiger partial charge on any atom is -0.394 e. The quantitative estimate of drug-likeness (QED) is 0.860. The number of hydrogen-bond acceptors (Lipinski definition) is 4. The number of aliphatic hydroxyl groups excluding tert-OH is 1. The topological polar surface area (TPSA) is 63.0 Å². The number of anilines is 1. The second kappa shape index (κ2) is 5.84. The Bertz CT molecular complexity index is 563. The van der Waals surface area contributed by atoms with Crippen LogP contribution < -0.4 is 5.32 Å². The molecule has 2 aromatic heterocycles. The molecule has 2 heterocycles. The molecule has 0 radical (unpaired) electrons. The van der Waals surface area contributed by atoms with E-state index in [9.17, 15) is 0 Å². The van der Waals surface area contributed by atoms with Gasteiger partial charge in [-0.1, -0.05) is 6.07 Å². The second-order valence-electron chi connectivity index (χ2n) is 4.61. The summed E-state index contributed by atoms with van der Waals surface area (Å²) in [6, 6.07) is 4.00. The summed E-state index contributed by atoms with van der Waals surface area (Å²) in [5, 5.41) is 16.9. The molecule has 0 bridgehead atoms. The van der Waals surface area contributed by atoms with Crippen molar-refractivity contribution in [3.63, 3.8) is 0 Å². The van der Waals surface area contributed by atoms with Gasteiger partial charge in [0.25, 0.3) is 0 Å². The van der Waals surface area contributed by atoms with Crippen molar-refractivity contribution in [3.05, 3.63) is 40.8 Å². The molecular formula is C14H20N4O. The molecule has 0 aliphatic rings. The number of pyridine rings is 1. The van der Waals surface area contributed by atoms with Crippen LogP contribution in [0.3, 0.4) is 0 Å². The zero-order valence-corrected chi connectivity index (χ0v) is 11.6. The average molecular weight is 260 g/mol. The van der Waals surface area contributed by atoms with Gasteiger partial charge in [0.15, 0.2) is 0 Å². The molecule has 0 aliphatic heterocycles. The highest BCUT2D eigenvalue weighted by atomic mass is 16.3. The Labute approximate surface area is 113 Å². The minimum atomic E-state index is 0.0845. The third-order valence-corrected chi connectivity index (χ3v) is 3.30. The van der Waals surface area contributed by atoms with Crippen LogP contribution in [0.4, 0.5) is 5.82 Å². The van der Waals surface area contributed by atoms with E-state index in [4.69, 9.17) is 5.11 Å². The fourth-order valence-electron chi connectivity index (χ4n) is 2.03. The van der Waals surface area contributed by atoms with Crippen molar-refractivity contribution in [2.75, 3.05) is 11.9 Å². The maximum absolute atomic E-state index is 9.08. The summed E-state index contributed by atoms with van der Waals surface area (Å²) in [7, 11) is 0. The Morgan fingerprint density at radius 3 is 2.74 bits per heavy atom. The van der Waals surface area contributed by atoms with E-state index in [0.29, 0.717) is 13.1 Å². The van der Waals surface area contributed by atoms with Crippen LogP contribution in [0.2, 0.25) is 0 Å². The monoisotopic (exact) mass is 260 g/mol. The van der Waals surface area contributed by atoms with Crippen LogP contribution in [-0.4, -0.2) is 26.5 Å². The van der Waals surface area contributed by atoms with E-state index in [2.05, 4.69) is 21.5 Å². The number of aliphatic hydroxyl groups is 1. The number of aryl methyl sites for hydroxylation is 2. The molecule has 2 rings (SSSR count). The molecule has 0 fully saturated rings. The van der Waals surface area contributed by atoms with E-state index in [1.54, 1.807) is 6.20 Å². The predicted molar refractivity (Wildman–Crippen MR) is 75.1 cm³/mol. The van der Waals surface area contributed by atoms with E-state index in [-0.39, 0.29) is 6.61 Å². The summed E-state index contributed by atoms with van der Waals surface area (Å²) in [5.41, 5.74) is 4.29. The first-order valence-corrected chi connectivity index (χ1v) is 6.42. The lowest BCUT2D eigenvalue weighted by molar-refractivity contribution is 0.270. The van der Waals surface area contributed by atoms with Gasteiger partial charge in [-0.3, -0.25) is 4.98 Å². The van der Waals surface area contributed by atoms with E-state index >= 15 is 0 Å². The van der Waals surface area contributed by atoms with Crippen molar-refractivity contribution in [2.45, 2.75) is 33.9 Å². The molecule has 19 heavy (non-hydrogen) atoms. The number of aromatic nitrogens is 3. The molecule has 0 atom stereocenters. The standard InChI is InChI=1S/C14H20N4O/c1-10-11(2)17-18(7-8-19)14(10)16-9-13-5-4-6-15-12(13)3/h4-6,16,19H,7-9H2,1-3H3. The fraction of sp³-hybridized carbons (Fsp3) is 0.429. The molecular weight excluding hydrogens is 240 g/mol. The molecule has 0 amide bonds. The third kappa shape index (κ3) is 2.93. The Morgan fingerprint density at radius 2 is 2.05 bits per heavy atom. The molecule has 0 spiro atoms. The Morgan fingerprint density at radius 1 is 1.26 bits per heavy atom. The van der Waals surface area contributed by atoms with Gasteiger partial charge in [0.1, 0.15) is 5.82 Å². The first-order valence-electron chi connectivity index (χ1n) is 6.42. The minimum absolute atomic E-state index is 0.0845. The van der Waals surface area contributed by atoms with Crippen molar-refractivity contribution in [2.24, 2.45) is 0 Å². The van der Waals surface area contributed by atoms with Crippen LogP contribution in [0, 0.1) is 20.8 Å². The predicted octanol–water partition coefficient (Wildman–Crippen LogP) is 1.81. The Hall–Kier alpha value is -1.88. The van der Waals surface area contributed by atoms with Crippen LogP contribution in [0.15, 0.2) is 18.3 Å². The molecule has 0 saturated heterocycles. The number of nitrogens with one attached hydrogen (secondary N) is 1. The average Bonchev–Trinajstić information content (AvgIpc) is 2.65. The van der Waals surface area contributed by atoms with Crippen LogP contribution >= 0.6 is 0 Å². The number of hydrogen-bond donors (Lipinski definition) is 2. The smallest absolute Gasteiger partial charge is 0.127 e. The van der Waals surface area contributed by atoms with Gasteiger partial charge in [0.05, 0.1) is 18.8 Å². The SMILES string of the molecule is Cc1ncccc1CNc1c(C)c(C)nn1CCO. The van der Waals surface area contributed by atoms with Crippen molar-refractivity contribution in [1.29, 1.82) is 0 Å². The van der Waals surface area contributed by atoms with Gasteiger partial charge in [0.2, 0.25) is 0 Å². The zero-order valence-electron chi connectivity index (χ0n) is 11.6. The van der Waals surface area contributed by atoms with E-state index in [1.165, 1.54) is 0 Å². The molecule has 0 aliphatic carbocycles. The second-order valence-corrected chi connectivity index (χ2v) is 4.61. The number of rotatable bonds is 5. The highest BCUT2D eigenvalue weighted by Gasteiger charge is 2.11. The summed E-state index contributed by atoms with van der Waals surface area (Å²) < 4.78 is 1.82. The first-order chi connectivity index (χ1) is 9.13. The van der Waals surface area contributed by atoms with Crippen LogP contribution in [0.5, 0.6) is 0 Å². The summed E-state index contributed by atoms with van der Waals surface area (Å²) in [4.78, 5) is 4.28. The number of nitrogens with zero attached hydrogens (tertiary/aromatic N) is 3. The molecule has 2 N–H and O–H groups in total. The molecule has 102 valence electrons. The van der Waals surface area contributed by atoms with Crippen molar-refractivity contribution in [3.8, 4) is 0 Å². The summed E-state index contributed by atoms with van der Waals surface area (Å²) in [5.74, 6) is 0.967. The largest absolute Gasteiger partial charge is 0.394 e. The van der Waals surface area contributed by atoms with E-state index in [0.717, 1.165) is 28.3 Å². The van der Waals surface area contributed by atoms with Gasteiger partial charge in [-0.25, -0.2) is 4.68 Å². The molecule has 0 saturated carbocycles. The highest BCUT2D eigenvalue weighted by Crippen LogP contribution is 2.19. The lowest BCUT2D eigenvalue weighted by Gasteiger charge is -2.11. The van der Waals surface area contributed by atoms with E-state index in [1.807, 2.05) is 31.5 Å². The fourth-order valence-corrected chi connectivity index (χ4v) is 2.03. The molecule has 5 heteroatoms. The normalized spacial score (nSPS) is 10.7. The van der Waals surface area contributed by atoms with Crippen molar-refractivity contribution in [1.82, 2.24) is 14.8 Å².